The van der Waals surface area contributed by atoms with E-state index in [1.54, 1.807) is 0 Å². The highest BCUT2D eigenvalue weighted by Gasteiger charge is 1.98. The van der Waals surface area contributed by atoms with Gasteiger partial charge in [0.25, 0.3) is 0 Å². The fourth-order valence-corrected chi connectivity index (χ4v) is 0.925. The third kappa shape index (κ3) is 1.52. The van der Waals surface area contributed by atoms with Gasteiger partial charge in [-0.3, -0.25) is 0 Å². The van der Waals surface area contributed by atoms with E-state index in [4.69, 9.17) is 0 Å². The summed E-state index contributed by atoms with van der Waals surface area (Å²) >= 11 is 4.29. The van der Waals surface area contributed by atoms with Gasteiger partial charge in [0.05, 0.1) is 0 Å². The molecule has 0 N–H and O–H groups in total. The van der Waals surface area contributed by atoms with Gasteiger partial charge in [0.2, 0.25) is 0 Å². The molecule has 0 aromatic carbocycles. The fourth-order valence-electron chi connectivity index (χ4n) is 0.772. The van der Waals surface area contributed by atoms with Gasteiger partial charge in [-0.05, 0) is 18.6 Å². The van der Waals surface area contributed by atoms with Crippen LogP contribution in [-0.2, 0) is 7.05 Å². The van der Waals surface area contributed by atoms with Gasteiger partial charge >= 0.3 is 0 Å². The highest BCUT2D eigenvalue weighted by atomic mass is 32.1. The van der Waals surface area contributed by atoms with Gasteiger partial charge in [-0.2, -0.15) is 12.6 Å². The Morgan fingerprint density at radius 2 is 2.33 bits per heavy atom. The molecule has 1 nitrogen and oxygen atoms in total. The van der Waals surface area contributed by atoms with Crippen LogP contribution < -0.4 is 0 Å². The molecule has 1 rings (SSSR count). The van der Waals surface area contributed by atoms with Crippen LogP contribution in [0.2, 0.25) is 0 Å². The Hall–Kier alpha value is -0.370. The summed E-state index contributed by atoms with van der Waals surface area (Å²) < 4.78 is 2.03. The first-order chi connectivity index (χ1) is 4.20. The summed E-state index contributed by atoms with van der Waals surface area (Å²) in [6.45, 7) is 2.07. The van der Waals surface area contributed by atoms with Crippen LogP contribution in [0.5, 0.6) is 0 Å². The minimum Gasteiger partial charge on any atom is -0.357 e. The van der Waals surface area contributed by atoms with Crippen LogP contribution in [0, 0.1) is 0 Å². The van der Waals surface area contributed by atoms with E-state index in [0.717, 1.165) is 0 Å². The summed E-state index contributed by atoms with van der Waals surface area (Å²) in [5.74, 6) is 0. The van der Waals surface area contributed by atoms with E-state index in [9.17, 15) is 0 Å². The summed E-state index contributed by atoms with van der Waals surface area (Å²) in [4.78, 5) is 0. The molecular weight excluding hydrogens is 130 g/mol. The first-order valence-electron chi connectivity index (χ1n) is 3.00. The zero-order valence-corrected chi connectivity index (χ0v) is 6.60. The highest BCUT2D eigenvalue weighted by molar-refractivity contribution is 7.80. The summed E-state index contributed by atoms with van der Waals surface area (Å²) in [7, 11) is 2.01. The molecule has 0 aliphatic heterocycles. The molecule has 1 atom stereocenters. The van der Waals surface area contributed by atoms with Crippen LogP contribution in [0.1, 0.15) is 17.7 Å². The zero-order valence-electron chi connectivity index (χ0n) is 5.70. The smallest absolute Gasteiger partial charge is 0.0253 e. The SMILES string of the molecule is CC(S)c1ccn(C)c1. The highest BCUT2D eigenvalue weighted by Crippen LogP contribution is 2.17. The van der Waals surface area contributed by atoms with Crippen molar-refractivity contribution in [3.8, 4) is 0 Å². The maximum atomic E-state index is 4.29. The van der Waals surface area contributed by atoms with Gasteiger partial charge in [-0.25, -0.2) is 0 Å². The molecule has 1 aromatic heterocycles. The predicted molar refractivity (Wildman–Crippen MR) is 42.8 cm³/mol. The second kappa shape index (κ2) is 2.48. The Kier molecular flexibility index (Phi) is 1.86. The quantitative estimate of drug-likeness (QED) is 0.571. The van der Waals surface area contributed by atoms with Gasteiger partial charge in [0.15, 0.2) is 0 Å². The lowest BCUT2D eigenvalue weighted by Crippen LogP contribution is -1.81. The molecule has 1 unspecified atom stereocenters. The third-order valence-electron chi connectivity index (χ3n) is 1.34. The Morgan fingerprint density at radius 3 is 2.56 bits per heavy atom. The van der Waals surface area contributed by atoms with Crippen molar-refractivity contribution in [1.82, 2.24) is 4.57 Å². The topological polar surface area (TPSA) is 4.93 Å². The average molecular weight is 141 g/mol. The second-order valence-corrected chi connectivity index (χ2v) is 3.06. The van der Waals surface area contributed by atoms with Crippen LogP contribution in [0.4, 0.5) is 0 Å². The molecule has 0 spiro atoms. The minimum atomic E-state index is 0.353. The first-order valence-corrected chi connectivity index (χ1v) is 3.51. The zero-order chi connectivity index (χ0) is 6.85. The van der Waals surface area contributed by atoms with Gasteiger partial charge in [0.1, 0.15) is 0 Å². The first kappa shape index (κ1) is 6.75. The van der Waals surface area contributed by atoms with Gasteiger partial charge < -0.3 is 4.57 Å². The number of thiol groups is 1. The van der Waals surface area contributed by atoms with Crippen molar-refractivity contribution in [3.05, 3.63) is 24.0 Å². The van der Waals surface area contributed by atoms with Crippen molar-refractivity contribution in [1.29, 1.82) is 0 Å². The number of hydrogen-bond donors (Lipinski definition) is 1. The van der Waals surface area contributed by atoms with E-state index in [0.29, 0.717) is 5.25 Å². The van der Waals surface area contributed by atoms with Crippen molar-refractivity contribution in [2.24, 2.45) is 7.05 Å². The van der Waals surface area contributed by atoms with Gasteiger partial charge in [0, 0.05) is 24.7 Å². The summed E-state index contributed by atoms with van der Waals surface area (Å²) in [5, 5.41) is 0.353. The molecule has 1 aromatic rings. The van der Waals surface area contributed by atoms with Crippen molar-refractivity contribution in [3.63, 3.8) is 0 Å². The van der Waals surface area contributed by atoms with Gasteiger partial charge in [-0.15, -0.1) is 0 Å². The second-order valence-electron chi connectivity index (χ2n) is 2.29. The third-order valence-corrected chi connectivity index (χ3v) is 1.64. The van der Waals surface area contributed by atoms with Crippen LogP contribution >= 0.6 is 12.6 Å². The molecule has 0 bridgehead atoms. The molecule has 0 amide bonds. The number of rotatable bonds is 1. The lowest BCUT2D eigenvalue weighted by Gasteiger charge is -1.96. The van der Waals surface area contributed by atoms with E-state index in [-0.39, 0.29) is 0 Å². The monoisotopic (exact) mass is 141 g/mol. The number of aryl methyl sites for hydroxylation is 1. The van der Waals surface area contributed by atoms with Crippen molar-refractivity contribution in [2.75, 3.05) is 0 Å². The predicted octanol–water partition coefficient (Wildman–Crippen LogP) is 2.02. The largest absolute Gasteiger partial charge is 0.357 e. The molecule has 50 valence electrons. The normalized spacial score (nSPS) is 13.7. The Labute approximate surface area is 61.1 Å². The number of hydrogen-bond acceptors (Lipinski definition) is 1. The maximum Gasteiger partial charge on any atom is 0.0253 e. The van der Waals surface area contributed by atoms with E-state index in [1.165, 1.54) is 5.56 Å². The van der Waals surface area contributed by atoms with E-state index < -0.39 is 0 Å². The molecule has 0 saturated heterocycles. The maximum absolute atomic E-state index is 4.29. The van der Waals surface area contributed by atoms with Gasteiger partial charge in [-0.1, -0.05) is 0 Å². The molecule has 0 aliphatic carbocycles. The summed E-state index contributed by atoms with van der Waals surface area (Å²) in [5.41, 5.74) is 1.28. The molecule has 1 heterocycles. The van der Waals surface area contributed by atoms with Crippen LogP contribution in [0.3, 0.4) is 0 Å². The van der Waals surface area contributed by atoms with E-state index in [2.05, 4.69) is 31.8 Å². The van der Waals surface area contributed by atoms with Crippen molar-refractivity contribution in [2.45, 2.75) is 12.2 Å². The molecule has 0 radical (unpaired) electrons. The minimum absolute atomic E-state index is 0.353. The fraction of sp³-hybridized carbons (Fsp3) is 0.429. The molecule has 2 heteroatoms. The summed E-state index contributed by atoms with van der Waals surface area (Å²) in [6.07, 6.45) is 4.11. The molecule has 0 aliphatic rings. The molecular formula is C7H11NS. The van der Waals surface area contributed by atoms with E-state index in [1.807, 2.05) is 17.8 Å². The average Bonchev–Trinajstić information content (AvgIpc) is 2.14. The summed E-state index contributed by atoms with van der Waals surface area (Å²) in [6, 6.07) is 2.08. The van der Waals surface area contributed by atoms with Crippen molar-refractivity contribution >= 4 is 12.6 Å². The standard InChI is InChI=1S/C7H11NS/c1-6(9)7-3-4-8(2)5-7/h3-6,9H,1-2H3. The number of aromatic nitrogens is 1. The van der Waals surface area contributed by atoms with Crippen LogP contribution in [-0.4, -0.2) is 4.57 Å². The van der Waals surface area contributed by atoms with Crippen LogP contribution in [0.25, 0.3) is 0 Å². The molecule has 0 fully saturated rings. The molecule has 0 saturated carbocycles. The number of nitrogens with zero attached hydrogens (tertiary/aromatic N) is 1. The van der Waals surface area contributed by atoms with E-state index >= 15 is 0 Å². The lowest BCUT2D eigenvalue weighted by molar-refractivity contribution is 0.918. The van der Waals surface area contributed by atoms with Crippen LogP contribution in [0.15, 0.2) is 18.5 Å². The Balaban J connectivity index is 2.85. The Morgan fingerprint density at radius 1 is 1.67 bits per heavy atom. The Bertz CT molecular complexity index is 191. The molecule has 9 heavy (non-hydrogen) atoms. The van der Waals surface area contributed by atoms with Crippen molar-refractivity contribution < 1.29 is 0 Å². The lowest BCUT2D eigenvalue weighted by atomic mass is 10.3.